The second-order valence-electron chi connectivity index (χ2n) is 4.49. The first-order valence-electron chi connectivity index (χ1n) is 6.49. The van der Waals surface area contributed by atoms with E-state index in [0.29, 0.717) is 13.1 Å². The van der Waals surface area contributed by atoms with Crippen LogP contribution in [0.2, 0.25) is 0 Å². The molecular weight excluding hydrogens is 288 g/mol. The maximum absolute atomic E-state index is 10.7. The fraction of sp³-hybridized carbons (Fsp3) is 0.143. The van der Waals surface area contributed by atoms with Crippen LogP contribution < -0.4 is 10.6 Å². The second-order valence-corrected chi connectivity index (χ2v) is 4.49. The van der Waals surface area contributed by atoms with Crippen molar-refractivity contribution in [2.24, 2.45) is 5.73 Å². The highest BCUT2D eigenvalue weighted by molar-refractivity contribution is 5.65. The Balaban J connectivity index is 2.32. The smallest absolute Gasteiger partial charge is 0.269 e. The third-order valence-electron chi connectivity index (χ3n) is 3.10. The molecule has 2 rings (SSSR count). The number of non-ortho nitro benzene ring substituents is 2. The summed E-state index contributed by atoms with van der Waals surface area (Å²) in [5.41, 5.74) is 7.06. The third-order valence-corrected chi connectivity index (χ3v) is 3.10. The summed E-state index contributed by atoms with van der Waals surface area (Å²) >= 11 is 0. The molecule has 0 aliphatic carbocycles. The zero-order chi connectivity index (χ0) is 16.1. The summed E-state index contributed by atoms with van der Waals surface area (Å²) in [7, 11) is 0. The van der Waals surface area contributed by atoms with Gasteiger partial charge in [-0.05, 0) is 24.3 Å². The molecule has 0 saturated carbocycles. The third kappa shape index (κ3) is 3.36. The van der Waals surface area contributed by atoms with Crippen molar-refractivity contribution in [2.75, 3.05) is 18.0 Å². The van der Waals surface area contributed by atoms with E-state index in [-0.39, 0.29) is 11.4 Å². The quantitative estimate of drug-likeness (QED) is 0.647. The Morgan fingerprint density at radius 2 is 1.18 bits per heavy atom. The molecule has 0 spiro atoms. The summed E-state index contributed by atoms with van der Waals surface area (Å²) in [6.45, 7) is 0.851. The number of nitro benzene ring substituents is 2. The fourth-order valence-electron chi connectivity index (χ4n) is 2.04. The normalized spacial score (nSPS) is 10.2. The minimum absolute atomic E-state index is 0.000137. The summed E-state index contributed by atoms with van der Waals surface area (Å²) in [6.07, 6.45) is 0. The first kappa shape index (κ1) is 15.4. The lowest BCUT2D eigenvalue weighted by atomic mass is 10.2. The van der Waals surface area contributed by atoms with Crippen molar-refractivity contribution in [1.29, 1.82) is 0 Å². The summed E-state index contributed by atoms with van der Waals surface area (Å²) in [4.78, 5) is 22.3. The minimum Gasteiger partial charge on any atom is -0.340 e. The summed E-state index contributed by atoms with van der Waals surface area (Å²) in [6, 6.07) is 12.1. The van der Waals surface area contributed by atoms with Crippen LogP contribution in [-0.2, 0) is 0 Å². The average Bonchev–Trinajstić information content (AvgIpc) is 2.53. The van der Waals surface area contributed by atoms with Gasteiger partial charge in [0.05, 0.1) is 9.85 Å². The number of nitro groups is 2. The topological polar surface area (TPSA) is 116 Å². The lowest BCUT2D eigenvalue weighted by Crippen LogP contribution is -2.24. The van der Waals surface area contributed by atoms with Crippen molar-refractivity contribution < 1.29 is 9.85 Å². The van der Waals surface area contributed by atoms with E-state index in [1.165, 1.54) is 24.3 Å². The first-order valence-corrected chi connectivity index (χ1v) is 6.49. The van der Waals surface area contributed by atoms with Crippen molar-refractivity contribution >= 4 is 22.7 Å². The van der Waals surface area contributed by atoms with Crippen molar-refractivity contribution in [1.82, 2.24) is 0 Å². The number of anilines is 2. The highest BCUT2D eigenvalue weighted by Gasteiger charge is 2.12. The van der Waals surface area contributed by atoms with Gasteiger partial charge >= 0.3 is 0 Å². The van der Waals surface area contributed by atoms with E-state index in [9.17, 15) is 20.2 Å². The number of benzene rings is 2. The molecular formula is C14H14N4O4. The van der Waals surface area contributed by atoms with E-state index in [4.69, 9.17) is 5.73 Å². The van der Waals surface area contributed by atoms with Crippen molar-refractivity contribution in [3.05, 3.63) is 68.8 Å². The van der Waals surface area contributed by atoms with Crippen LogP contribution in [0.4, 0.5) is 22.7 Å². The Kier molecular flexibility index (Phi) is 4.64. The van der Waals surface area contributed by atoms with Gasteiger partial charge in [0.2, 0.25) is 0 Å². The Hall–Kier alpha value is -3.00. The number of rotatable bonds is 6. The van der Waals surface area contributed by atoms with E-state index in [2.05, 4.69) is 0 Å². The van der Waals surface area contributed by atoms with E-state index < -0.39 is 9.85 Å². The molecule has 22 heavy (non-hydrogen) atoms. The molecule has 0 saturated heterocycles. The van der Waals surface area contributed by atoms with Gasteiger partial charge in [0.1, 0.15) is 0 Å². The molecule has 2 N–H and O–H groups in total. The van der Waals surface area contributed by atoms with Gasteiger partial charge in [-0.25, -0.2) is 0 Å². The van der Waals surface area contributed by atoms with E-state index in [0.717, 1.165) is 11.4 Å². The van der Waals surface area contributed by atoms with E-state index in [1.54, 1.807) is 24.3 Å². The molecule has 0 radical (unpaired) electrons. The minimum atomic E-state index is -0.469. The Bertz CT molecular complexity index is 613. The summed E-state index contributed by atoms with van der Waals surface area (Å²) in [5, 5.41) is 21.4. The lowest BCUT2D eigenvalue weighted by Gasteiger charge is -2.24. The maximum Gasteiger partial charge on any atom is 0.269 e. The van der Waals surface area contributed by atoms with Gasteiger partial charge in [0.25, 0.3) is 11.4 Å². The van der Waals surface area contributed by atoms with Crippen molar-refractivity contribution in [2.45, 2.75) is 0 Å². The summed E-state index contributed by atoms with van der Waals surface area (Å²) < 4.78 is 0. The predicted molar refractivity (Wildman–Crippen MR) is 82.3 cm³/mol. The second kappa shape index (κ2) is 6.64. The van der Waals surface area contributed by atoms with Gasteiger partial charge in [0.15, 0.2) is 0 Å². The van der Waals surface area contributed by atoms with Crippen molar-refractivity contribution in [3.63, 3.8) is 0 Å². The monoisotopic (exact) mass is 302 g/mol. The molecule has 2 aromatic carbocycles. The van der Waals surface area contributed by atoms with Crippen LogP contribution in [0.1, 0.15) is 0 Å². The van der Waals surface area contributed by atoms with Gasteiger partial charge in [-0.2, -0.15) is 0 Å². The van der Waals surface area contributed by atoms with Crippen LogP contribution in [0.5, 0.6) is 0 Å². The fourth-order valence-corrected chi connectivity index (χ4v) is 2.04. The van der Waals surface area contributed by atoms with Gasteiger partial charge < -0.3 is 10.6 Å². The Morgan fingerprint density at radius 1 is 0.818 bits per heavy atom. The first-order chi connectivity index (χ1) is 10.5. The highest BCUT2D eigenvalue weighted by Crippen LogP contribution is 2.28. The highest BCUT2D eigenvalue weighted by atomic mass is 16.6. The zero-order valence-corrected chi connectivity index (χ0v) is 11.6. The summed E-state index contributed by atoms with van der Waals surface area (Å²) in [5.74, 6) is 0. The lowest BCUT2D eigenvalue weighted by molar-refractivity contribution is -0.385. The van der Waals surface area contributed by atoms with E-state index >= 15 is 0 Å². The van der Waals surface area contributed by atoms with Crippen LogP contribution in [0.25, 0.3) is 0 Å². The zero-order valence-electron chi connectivity index (χ0n) is 11.6. The largest absolute Gasteiger partial charge is 0.340 e. The molecule has 0 aromatic heterocycles. The molecule has 2 aromatic rings. The molecule has 0 fully saturated rings. The van der Waals surface area contributed by atoms with Gasteiger partial charge in [-0.3, -0.25) is 20.2 Å². The molecule has 0 aliphatic heterocycles. The Morgan fingerprint density at radius 3 is 1.45 bits per heavy atom. The van der Waals surface area contributed by atoms with E-state index in [1.807, 2.05) is 4.90 Å². The molecule has 0 unspecified atom stereocenters. The van der Waals surface area contributed by atoms with Crippen LogP contribution in [0, 0.1) is 20.2 Å². The Labute approximate surface area is 126 Å². The molecule has 0 aliphatic rings. The molecule has 0 amide bonds. The van der Waals surface area contributed by atoms with Gasteiger partial charge in [-0.15, -0.1) is 0 Å². The number of hydrogen-bond acceptors (Lipinski definition) is 6. The number of hydrogen-bond donors (Lipinski definition) is 1. The van der Waals surface area contributed by atoms with Crippen LogP contribution in [0.3, 0.4) is 0 Å². The standard InChI is InChI=1S/C14H14N4O4/c15-9-10-16(11-1-5-13(6-2-11)17(19)20)12-3-7-14(8-4-12)18(21)22/h1-8H,9-10,15H2. The van der Waals surface area contributed by atoms with Crippen LogP contribution in [-0.4, -0.2) is 22.9 Å². The molecule has 0 bridgehead atoms. The SMILES string of the molecule is NCCN(c1ccc([N+](=O)[O-])cc1)c1ccc([N+](=O)[O-])cc1. The molecule has 114 valence electrons. The number of nitrogens with zero attached hydrogens (tertiary/aromatic N) is 3. The van der Waals surface area contributed by atoms with Gasteiger partial charge in [0, 0.05) is 48.7 Å². The molecule has 0 atom stereocenters. The van der Waals surface area contributed by atoms with Crippen LogP contribution >= 0.6 is 0 Å². The van der Waals surface area contributed by atoms with Gasteiger partial charge in [-0.1, -0.05) is 0 Å². The molecule has 8 heteroatoms. The maximum atomic E-state index is 10.7. The molecule has 8 nitrogen and oxygen atoms in total. The average molecular weight is 302 g/mol. The predicted octanol–water partition coefficient (Wildman–Crippen LogP) is 2.60. The van der Waals surface area contributed by atoms with Crippen molar-refractivity contribution in [3.8, 4) is 0 Å². The van der Waals surface area contributed by atoms with Crippen LogP contribution in [0.15, 0.2) is 48.5 Å². The molecule has 0 heterocycles. The number of nitrogens with two attached hydrogens (primary N) is 1.